The Morgan fingerprint density at radius 1 is 1.31 bits per heavy atom. The Labute approximate surface area is 154 Å². The highest BCUT2D eigenvalue weighted by Gasteiger charge is 2.24. The first-order chi connectivity index (χ1) is 12.8. The summed E-state index contributed by atoms with van der Waals surface area (Å²) >= 11 is 0. The average molecular weight is 354 g/mol. The SMILES string of the molecule is O=C(Nc1ccc2c(c1)CN(CCCn1cccn1)CC2)[C@H]1CCCO1. The number of amides is 1. The van der Waals surface area contributed by atoms with Gasteiger partial charge in [0.2, 0.25) is 0 Å². The number of fused-ring (bicyclic) bond motifs is 1. The molecule has 26 heavy (non-hydrogen) atoms. The van der Waals surface area contributed by atoms with Crippen molar-refractivity contribution in [2.75, 3.05) is 25.0 Å². The van der Waals surface area contributed by atoms with Crippen LogP contribution in [0.2, 0.25) is 0 Å². The van der Waals surface area contributed by atoms with Crippen LogP contribution >= 0.6 is 0 Å². The molecule has 1 saturated heterocycles. The smallest absolute Gasteiger partial charge is 0.253 e. The normalized spacial score (nSPS) is 20.1. The van der Waals surface area contributed by atoms with Gasteiger partial charge in [0.1, 0.15) is 6.10 Å². The number of aromatic nitrogens is 2. The summed E-state index contributed by atoms with van der Waals surface area (Å²) in [7, 11) is 0. The van der Waals surface area contributed by atoms with Crippen LogP contribution in [0.5, 0.6) is 0 Å². The highest BCUT2D eigenvalue weighted by Crippen LogP contribution is 2.23. The molecular formula is C20H26N4O2. The zero-order chi connectivity index (χ0) is 17.8. The molecule has 1 aromatic carbocycles. The van der Waals surface area contributed by atoms with E-state index in [1.165, 1.54) is 11.1 Å². The maximum absolute atomic E-state index is 12.2. The molecule has 1 amide bonds. The Morgan fingerprint density at radius 3 is 3.08 bits per heavy atom. The van der Waals surface area contributed by atoms with Gasteiger partial charge in [0.05, 0.1) is 0 Å². The predicted octanol–water partition coefficient (Wildman–Crippen LogP) is 2.45. The molecule has 0 saturated carbocycles. The lowest BCUT2D eigenvalue weighted by atomic mass is 9.99. The van der Waals surface area contributed by atoms with Gasteiger partial charge in [0, 0.05) is 50.9 Å². The first kappa shape index (κ1) is 17.2. The van der Waals surface area contributed by atoms with Gasteiger partial charge < -0.3 is 10.1 Å². The Morgan fingerprint density at radius 2 is 2.27 bits per heavy atom. The van der Waals surface area contributed by atoms with Crippen molar-refractivity contribution in [1.82, 2.24) is 14.7 Å². The lowest BCUT2D eigenvalue weighted by molar-refractivity contribution is -0.124. The number of hydrogen-bond acceptors (Lipinski definition) is 4. The maximum atomic E-state index is 12.2. The minimum absolute atomic E-state index is 0.0191. The fraction of sp³-hybridized carbons (Fsp3) is 0.500. The number of carbonyl (C=O) groups is 1. The molecule has 0 aliphatic carbocycles. The van der Waals surface area contributed by atoms with E-state index in [2.05, 4.69) is 27.4 Å². The Kier molecular flexibility index (Phi) is 5.32. The van der Waals surface area contributed by atoms with Gasteiger partial charge in [0.15, 0.2) is 0 Å². The summed E-state index contributed by atoms with van der Waals surface area (Å²) in [5.41, 5.74) is 3.59. The lowest BCUT2D eigenvalue weighted by Crippen LogP contribution is -2.32. The number of carbonyl (C=O) groups excluding carboxylic acids is 1. The zero-order valence-corrected chi connectivity index (χ0v) is 15.1. The number of anilines is 1. The monoisotopic (exact) mass is 354 g/mol. The number of aryl methyl sites for hydroxylation is 1. The molecule has 2 aliphatic rings. The molecule has 1 aromatic heterocycles. The largest absolute Gasteiger partial charge is 0.368 e. The highest BCUT2D eigenvalue weighted by molar-refractivity contribution is 5.94. The molecule has 0 unspecified atom stereocenters. The van der Waals surface area contributed by atoms with Gasteiger partial charge in [0.25, 0.3) is 5.91 Å². The Bertz CT molecular complexity index is 738. The summed E-state index contributed by atoms with van der Waals surface area (Å²) in [5, 5.41) is 7.27. The first-order valence-corrected chi connectivity index (χ1v) is 9.52. The van der Waals surface area contributed by atoms with Crippen LogP contribution in [0.1, 0.15) is 30.4 Å². The van der Waals surface area contributed by atoms with Crippen molar-refractivity contribution in [2.45, 2.75) is 44.9 Å². The molecule has 4 rings (SSSR count). The van der Waals surface area contributed by atoms with Crippen molar-refractivity contribution in [3.05, 3.63) is 47.8 Å². The number of nitrogens with zero attached hydrogens (tertiary/aromatic N) is 3. The molecule has 138 valence electrons. The summed E-state index contributed by atoms with van der Waals surface area (Å²) in [6, 6.07) is 8.26. The van der Waals surface area contributed by atoms with Gasteiger partial charge in [-0.15, -0.1) is 0 Å². The minimum Gasteiger partial charge on any atom is -0.368 e. The molecule has 0 radical (unpaired) electrons. The van der Waals surface area contributed by atoms with Crippen molar-refractivity contribution in [1.29, 1.82) is 0 Å². The molecular weight excluding hydrogens is 328 g/mol. The Balaban J connectivity index is 1.32. The molecule has 6 heteroatoms. The van der Waals surface area contributed by atoms with E-state index in [9.17, 15) is 4.79 Å². The quantitative estimate of drug-likeness (QED) is 0.866. The molecule has 1 N–H and O–H groups in total. The van der Waals surface area contributed by atoms with Crippen LogP contribution in [0.15, 0.2) is 36.7 Å². The number of ether oxygens (including phenoxy) is 1. The number of hydrogen-bond donors (Lipinski definition) is 1. The van der Waals surface area contributed by atoms with Crippen LogP contribution in [0, 0.1) is 0 Å². The van der Waals surface area contributed by atoms with E-state index in [0.717, 1.165) is 57.5 Å². The van der Waals surface area contributed by atoms with Crippen LogP contribution in [0.25, 0.3) is 0 Å². The molecule has 3 heterocycles. The molecule has 1 atom stereocenters. The molecule has 1 fully saturated rings. The van der Waals surface area contributed by atoms with E-state index in [1.54, 1.807) is 0 Å². The second-order valence-corrected chi connectivity index (χ2v) is 7.12. The molecule has 6 nitrogen and oxygen atoms in total. The van der Waals surface area contributed by atoms with Crippen molar-refractivity contribution in [3.8, 4) is 0 Å². The molecule has 0 spiro atoms. The topological polar surface area (TPSA) is 59.4 Å². The lowest BCUT2D eigenvalue weighted by Gasteiger charge is -2.29. The number of nitrogens with one attached hydrogen (secondary N) is 1. The van der Waals surface area contributed by atoms with Gasteiger partial charge in [-0.1, -0.05) is 6.07 Å². The van der Waals surface area contributed by atoms with E-state index in [1.807, 2.05) is 29.2 Å². The van der Waals surface area contributed by atoms with Gasteiger partial charge in [-0.25, -0.2) is 0 Å². The average Bonchev–Trinajstić information content (AvgIpc) is 3.35. The van der Waals surface area contributed by atoms with Gasteiger partial charge in [-0.3, -0.25) is 14.4 Å². The van der Waals surface area contributed by atoms with E-state index in [0.29, 0.717) is 6.61 Å². The highest BCUT2D eigenvalue weighted by atomic mass is 16.5. The number of rotatable bonds is 6. The molecule has 2 aliphatic heterocycles. The number of benzene rings is 1. The first-order valence-electron chi connectivity index (χ1n) is 9.52. The second kappa shape index (κ2) is 8.01. The van der Waals surface area contributed by atoms with Crippen LogP contribution in [-0.4, -0.2) is 46.4 Å². The fourth-order valence-electron chi connectivity index (χ4n) is 3.78. The van der Waals surface area contributed by atoms with E-state index < -0.39 is 0 Å². The van der Waals surface area contributed by atoms with Crippen LogP contribution in [0.3, 0.4) is 0 Å². The van der Waals surface area contributed by atoms with Crippen molar-refractivity contribution in [2.24, 2.45) is 0 Å². The Hall–Kier alpha value is -2.18. The van der Waals surface area contributed by atoms with Crippen LogP contribution in [-0.2, 0) is 29.0 Å². The maximum Gasteiger partial charge on any atom is 0.253 e. The third-order valence-corrected chi connectivity index (χ3v) is 5.21. The van der Waals surface area contributed by atoms with Gasteiger partial charge in [-0.2, -0.15) is 5.10 Å². The van der Waals surface area contributed by atoms with Crippen molar-refractivity contribution < 1.29 is 9.53 Å². The summed E-state index contributed by atoms with van der Waals surface area (Å²) in [6.07, 6.45) is 7.49. The summed E-state index contributed by atoms with van der Waals surface area (Å²) < 4.78 is 7.45. The van der Waals surface area contributed by atoms with Gasteiger partial charge >= 0.3 is 0 Å². The third-order valence-electron chi connectivity index (χ3n) is 5.21. The predicted molar refractivity (Wildman–Crippen MR) is 99.9 cm³/mol. The van der Waals surface area contributed by atoms with Crippen molar-refractivity contribution >= 4 is 11.6 Å². The molecule has 0 bridgehead atoms. The second-order valence-electron chi connectivity index (χ2n) is 7.12. The van der Waals surface area contributed by atoms with E-state index >= 15 is 0 Å². The minimum atomic E-state index is -0.287. The molecule has 2 aromatic rings. The zero-order valence-electron chi connectivity index (χ0n) is 15.1. The standard InChI is InChI=1S/C20H26N4O2/c25-20(19-4-1-13-26-19)22-18-6-5-16-7-12-23(15-17(16)14-18)9-3-11-24-10-2-8-21-24/h2,5-6,8,10,14,19H,1,3-4,7,9,11-13,15H2,(H,22,25)/t19-/m1/s1. The van der Waals surface area contributed by atoms with Crippen LogP contribution in [0.4, 0.5) is 5.69 Å². The van der Waals surface area contributed by atoms with E-state index in [-0.39, 0.29) is 12.0 Å². The van der Waals surface area contributed by atoms with Crippen molar-refractivity contribution in [3.63, 3.8) is 0 Å². The summed E-state index contributed by atoms with van der Waals surface area (Å²) in [6.45, 7) is 4.74. The van der Waals surface area contributed by atoms with E-state index in [4.69, 9.17) is 4.74 Å². The van der Waals surface area contributed by atoms with Crippen LogP contribution < -0.4 is 5.32 Å². The summed E-state index contributed by atoms with van der Waals surface area (Å²) in [5.74, 6) is -0.0191. The fourth-order valence-corrected chi connectivity index (χ4v) is 3.78. The van der Waals surface area contributed by atoms with Gasteiger partial charge in [-0.05, 0) is 55.0 Å². The third kappa shape index (κ3) is 4.14. The summed E-state index contributed by atoms with van der Waals surface area (Å²) in [4.78, 5) is 14.7.